The van der Waals surface area contributed by atoms with Crippen molar-refractivity contribution >= 4 is 28.1 Å². The minimum absolute atomic E-state index is 0.150. The fraction of sp³-hybridized carbons (Fsp3) is 0.321. The fourth-order valence-electron chi connectivity index (χ4n) is 4.51. The van der Waals surface area contributed by atoms with E-state index < -0.39 is 10.8 Å². The zero-order valence-electron chi connectivity index (χ0n) is 20.5. The van der Waals surface area contributed by atoms with Crippen molar-refractivity contribution in [2.75, 3.05) is 31.1 Å². The molecule has 0 bridgehead atoms. The van der Waals surface area contributed by atoms with Crippen molar-refractivity contribution in [2.45, 2.75) is 43.5 Å². The molecule has 1 aliphatic rings. The van der Waals surface area contributed by atoms with Crippen LogP contribution in [0.5, 0.6) is 5.75 Å². The SMILES string of the molecule is CCOC(=O)CN(CCCN1c2ccccc2S(=O)c2ccc(C)c(C)c21)Cc1ccccc1O. The van der Waals surface area contributed by atoms with Crippen molar-refractivity contribution in [2.24, 2.45) is 0 Å². The number of rotatable bonds is 9. The molecule has 0 spiro atoms. The molecule has 6 nitrogen and oxygen atoms in total. The van der Waals surface area contributed by atoms with Crippen LogP contribution in [0.15, 0.2) is 70.5 Å². The van der Waals surface area contributed by atoms with Gasteiger partial charge >= 0.3 is 5.97 Å². The normalized spacial score (nSPS) is 14.5. The summed E-state index contributed by atoms with van der Waals surface area (Å²) in [5.41, 5.74) is 5.04. The lowest BCUT2D eigenvalue weighted by molar-refractivity contribution is -0.144. The number of nitrogens with zero attached hydrogens (tertiary/aromatic N) is 2. The number of esters is 1. The minimum atomic E-state index is -1.22. The number of fused-ring (bicyclic) bond motifs is 2. The molecule has 1 aliphatic heterocycles. The van der Waals surface area contributed by atoms with Crippen molar-refractivity contribution in [3.63, 3.8) is 0 Å². The van der Waals surface area contributed by atoms with Crippen molar-refractivity contribution < 1.29 is 18.8 Å². The molecule has 0 radical (unpaired) electrons. The van der Waals surface area contributed by atoms with Crippen LogP contribution in [0.4, 0.5) is 11.4 Å². The molecule has 3 aromatic carbocycles. The summed E-state index contributed by atoms with van der Waals surface area (Å²) in [6, 6.07) is 19.1. The van der Waals surface area contributed by atoms with Crippen LogP contribution >= 0.6 is 0 Å². The maximum atomic E-state index is 13.3. The van der Waals surface area contributed by atoms with Gasteiger partial charge in [-0.15, -0.1) is 0 Å². The highest BCUT2D eigenvalue weighted by atomic mass is 32.2. The quantitative estimate of drug-likeness (QED) is 0.420. The summed E-state index contributed by atoms with van der Waals surface area (Å²) in [5.74, 6) is -0.0627. The molecule has 0 saturated carbocycles. The lowest BCUT2D eigenvalue weighted by Gasteiger charge is -2.35. The third kappa shape index (κ3) is 5.41. The van der Waals surface area contributed by atoms with E-state index in [9.17, 15) is 14.1 Å². The molecule has 35 heavy (non-hydrogen) atoms. The molecule has 1 atom stereocenters. The monoisotopic (exact) mass is 492 g/mol. The van der Waals surface area contributed by atoms with Gasteiger partial charge in [-0.2, -0.15) is 0 Å². The maximum absolute atomic E-state index is 13.3. The van der Waals surface area contributed by atoms with Crippen LogP contribution in [-0.2, 0) is 26.9 Å². The largest absolute Gasteiger partial charge is 0.508 e. The number of para-hydroxylation sites is 2. The lowest BCUT2D eigenvalue weighted by atomic mass is 10.1. The number of benzene rings is 3. The number of aryl methyl sites for hydroxylation is 1. The minimum Gasteiger partial charge on any atom is -0.508 e. The number of carbonyl (C=O) groups excluding carboxylic acids is 1. The zero-order valence-corrected chi connectivity index (χ0v) is 21.3. The molecular weight excluding hydrogens is 460 g/mol. The molecule has 7 heteroatoms. The number of ether oxygens (including phenoxy) is 1. The van der Waals surface area contributed by atoms with Gasteiger partial charge in [0.15, 0.2) is 0 Å². The second kappa shape index (κ2) is 11.1. The Morgan fingerprint density at radius 1 is 1.03 bits per heavy atom. The summed E-state index contributed by atoms with van der Waals surface area (Å²) >= 11 is 0. The maximum Gasteiger partial charge on any atom is 0.320 e. The van der Waals surface area contributed by atoms with Gasteiger partial charge in [0.2, 0.25) is 0 Å². The van der Waals surface area contributed by atoms with Crippen LogP contribution in [0.1, 0.15) is 30.0 Å². The van der Waals surface area contributed by atoms with E-state index in [1.54, 1.807) is 19.1 Å². The number of phenols is 1. The number of carbonyl (C=O) groups is 1. The standard InChI is InChI=1S/C28H32N2O4S/c1-4-34-27(32)19-29(18-22-10-5-7-12-24(22)31)16-9-17-30-23-11-6-8-13-25(23)35(33)26-15-14-20(2)21(3)28(26)30/h5-8,10-15,31H,4,9,16-19H2,1-3H3. The van der Waals surface area contributed by atoms with Crippen LogP contribution in [0.2, 0.25) is 0 Å². The topological polar surface area (TPSA) is 70.1 Å². The van der Waals surface area contributed by atoms with Gasteiger partial charge in [0.1, 0.15) is 5.75 Å². The van der Waals surface area contributed by atoms with Gasteiger partial charge in [-0.25, -0.2) is 4.21 Å². The highest BCUT2D eigenvalue weighted by molar-refractivity contribution is 7.85. The Hall–Kier alpha value is -3.16. The summed E-state index contributed by atoms with van der Waals surface area (Å²) < 4.78 is 18.5. The predicted molar refractivity (Wildman–Crippen MR) is 139 cm³/mol. The van der Waals surface area contributed by atoms with E-state index >= 15 is 0 Å². The van der Waals surface area contributed by atoms with E-state index in [-0.39, 0.29) is 18.3 Å². The van der Waals surface area contributed by atoms with Crippen LogP contribution in [0.25, 0.3) is 0 Å². The van der Waals surface area contributed by atoms with Crippen LogP contribution in [-0.4, -0.2) is 46.4 Å². The third-order valence-electron chi connectivity index (χ3n) is 6.39. The van der Waals surface area contributed by atoms with Crippen molar-refractivity contribution in [1.82, 2.24) is 4.90 Å². The summed E-state index contributed by atoms with van der Waals surface area (Å²) in [4.78, 5) is 18.2. The van der Waals surface area contributed by atoms with Gasteiger partial charge in [0.25, 0.3) is 0 Å². The van der Waals surface area contributed by atoms with Crippen molar-refractivity contribution in [3.8, 4) is 5.75 Å². The number of phenolic OH excluding ortho intramolecular Hbond substituents is 1. The molecule has 3 aromatic rings. The second-order valence-corrected chi connectivity index (χ2v) is 10.2. The molecule has 1 N–H and O–H groups in total. The first-order chi connectivity index (χ1) is 16.9. The average molecular weight is 493 g/mol. The van der Waals surface area contributed by atoms with Gasteiger partial charge in [0, 0.05) is 25.2 Å². The second-order valence-electron chi connectivity index (χ2n) is 8.74. The number of aromatic hydroxyl groups is 1. The van der Waals surface area contributed by atoms with E-state index in [1.165, 1.54) is 0 Å². The number of anilines is 2. The van der Waals surface area contributed by atoms with Crippen molar-refractivity contribution in [3.05, 3.63) is 77.4 Å². The molecule has 4 rings (SSSR count). The van der Waals surface area contributed by atoms with Crippen molar-refractivity contribution in [1.29, 1.82) is 0 Å². The first-order valence-electron chi connectivity index (χ1n) is 11.9. The Morgan fingerprint density at radius 3 is 2.54 bits per heavy atom. The third-order valence-corrected chi connectivity index (χ3v) is 7.86. The molecule has 1 heterocycles. The number of hydrogen-bond donors (Lipinski definition) is 1. The fourth-order valence-corrected chi connectivity index (χ4v) is 5.95. The molecule has 0 aromatic heterocycles. The first kappa shape index (κ1) is 24.9. The van der Waals surface area contributed by atoms with Crippen LogP contribution in [0.3, 0.4) is 0 Å². The number of hydrogen-bond acceptors (Lipinski definition) is 6. The summed E-state index contributed by atoms with van der Waals surface area (Å²) in [6.45, 7) is 8.21. The van der Waals surface area contributed by atoms with E-state index in [4.69, 9.17) is 4.74 Å². The summed E-state index contributed by atoms with van der Waals surface area (Å²) in [5, 5.41) is 10.2. The van der Waals surface area contributed by atoms with Crippen LogP contribution in [0, 0.1) is 13.8 Å². The summed E-state index contributed by atoms with van der Waals surface area (Å²) in [7, 11) is -1.22. The average Bonchev–Trinajstić information content (AvgIpc) is 2.84. The molecule has 0 saturated heterocycles. The molecule has 0 amide bonds. The Morgan fingerprint density at radius 2 is 1.77 bits per heavy atom. The van der Waals surface area contributed by atoms with Gasteiger partial charge in [0.05, 0.1) is 45.1 Å². The molecule has 0 fully saturated rings. The van der Waals surface area contributed by atoms with Gasteiger partial charge in [-0.3, -0.25) is 9.69 Å². The smallest absolute Gasteiger partial charge is 0.320 e. The highest BCUT2D eigenvalue weighted by Gasteiger charge is 2.29. The predicted octanol–water partition coefficient (Wildman–Crippen LogP) is 5.08. The first-order valence-corrected chi connectivity index (χ1v) is 13.1. The van der Waals surface area contributed by atoms with E-state index in [2.05, 4.69) is 18.7 Å². The Labute approximate surface area is 209 Å². The van der Waals surface area contributed by atoms with E-state index in [0.717, 1.165) is 44.3 Å². The molecule has 184 valence electrons. The van der Waals surface area contributed by atoms with Gasteiger partial charge < -0.3 is 14.7 Å². The zero-order chi connectivity index (χ0) is 24.9. The van der Waals surface area contributed by atoms with Crippen LogP contribution < -0.4 is 4.90 Å². The molecule has 1 unspecified atom stereocenters. The Kier molecular flexibility index (Phi) is 7.88. The van der Waals surface area contributed by atoms with E-state index in [0.29, 0.717) is 26.2 Å². The summed E-state index contributed by atoms with van der Waals surface area (Å²) in [6.07, 6.45) is 0.765. The molecule has 0 aliphatic carbocycles. The molecular formula is C28H32N2O4S. The highest BCUT2D eigenvalue weighted by Crippen LogP contribution is 2.44. The van der Waals surface area contributed by atoms with Gasteiger partial charge in [-0.05, 0) is 62.6 Å². The van der Waals surface area contributed by atoms with Gasteiger partial charge in [-0.1, -0.05) is 36.4 Å². The van der Waals surface area contributed by atoms with E-state index in [1.807, 2.05) is 53.4 Å². The lowest BCUT2D eigenvalue weighted by Crippen LogP contribution is -2.34. The Bertz CT molecular complexity index is 1240. The Balaban J connectivity index is 1.57.